The third kappa shape index (κ3) is 3.84. The second-order valence-electron chi connectivity index (χ2n) is 7.06. The fraction of sp³-hybridized carbons (Fsp3) is 0.550. The average molecular weight is 312 g/mol. The number of hydrogen-bond donors (Lipinski definition) is 0. The Morgan fingerprint density at radius 3 is 2.57 bits per heavy atom. The smallest absolute Gasteiger partial charge is 0.227 e. The van der Waals surface area contributed by atoms with E-state index in [1.807, 2.05) is 18.0 Å². The molecule has 2 aliphatic rings. The molecule has 0 bridgehead atoms. The normalized spacial score (nSPS) is 26.8. The van der Waals surface area contributed by atoms with Crippen LogP contribution in [0.4, 0.5) is 0 Å². The molecule has 1 amide bonds. The molecule has 2 atom stereocenters. The van der Waals surface area contributed by atoms with Crippen LogP contribution in [0.1, 0.15) is 38.2 Å². The van der Waals surface area contributed by atoms with Crippen molar-refractivity contribution in [2.45, 2.75) is 38.6 Å². The molecule has 2 aliphatic heterocycles. The van der Waals surface area contributed by atoms with Crippen molar-refractivity contribution in [1.29, 1.82) is 0 Å². The van der Waals surface area contributed by atoms with E-state index in [0.29, 0.717) is 5.91 Å². The fourth-order valence-electron chi connectivity index (χ4n) is 3.98. The summed E-state index contributed by atoms with van der Waals surface area (Å²) in [5, 5.41) is 0. The van der Waals surface area contributed by atoms with Crippen LogP contribution in [0.25, 0.3) is 6.08 Å². The zero-order valence-corrected chi connectivity index (χ0v) is 14.4. The number of benzene rings is 1. The number of carbonyl (C=O) groups excluding carboxylic acids is 1. The summed E-state index contributed by atoms with van der Waals surface area (Å²) in [6.45, 7) is 5.43. The highest BCUT2D eigenvalue weighted by atomic mass is 16.2. The van der Waals surface area contributed by atoms with Gasteiger partial charge in [-0.05, 0) is 44.8 Å². The first-order chi connectivity index (χ1) is 11.1. The number of likely N-dealkylation sites (tertiary alicyclic amines) is 2. The molecule has 1 aromatic rings. The summed E-state index contributed by atoms with van der Waals surface area (Å²) in [4.78, 5) is 17.1. The standard InChI is InChI=1S/C20H28N2O/c1-16(13-17-9-5-3-6-10-17)19-14-18(20(23)21(19)2)15-22-11-7-4-8-12-22/h3,5-6,9-10,13,18-19H,4,7-8,11-12,14-15H2,1-2H3/b16-13+/t18-,19+/m1/s1. The maximum Gasteiger partial charge on any atom is 0.227 e. The van der Waals surface area contributed by atoms with Crippen LogP contribution in [0.5, 0.6) is 0 Å². The molecule has 2 saturated heterocycles. The van der Waals surface area contributed by atoms with Crippen LogP contribution in [0.2, 0.25) is 0 Å². The first-order valence-electron chi connectivity index (χ1n) is 8.87. The first kappa shape index (κ1) is 16.3. The summed E-state index contributed by atoms with van der Waals surface area (Å²) in [5.74, 6) is 0.489. The van der Waals surface area contributed by atoms with Crippen LogP contribution in [-0.2, 0) is 4.79 Å². The van der Waals surface area contributed by atoms with E-state index in [0.717, 1.165) is 26.1 Å². The van der Waals surface area contributed by atoms with E-state index in [2.05, 4.69) is 42.2 Å². The van der Waals surface area contributed by atoms with Crippen LogP contribution < -0.4 is 0 Å². The van der Waals surface area contributed by atoms with E-state index in [1.165, 1.54) is 30.4 Å². The SMILES string of the molecule is C/C(=C\c1ccccc1)[C@@H]1C[C@H](CN2CCCCC2)C(=O)N1C. The molecule has 3 nitrogen and oxygen atoms in total. The molecule has 23 heavy (non-hydrogen) atoms. The topological polar surface area (TPSA) is 23.6 Å². The monoisotopic (exact) mass is 312 g/mol. The summed E-state index contributed by atoms with van der Waals surface area (Å²) in [6.07, 6.45) is 7.09. The van der Waals surface area contributed by atoms with Crippen molar-refractivity contribution in [3.63, 3.8) is 0 Å². The van der Waals surface area contributed by atoms with Crippen molar-refractivity contribution < 1.29 is 4.79 Å². The van der Waals surface area contributed by atoms with Gasteiger partial charge in [0.1, 0.15) is 0 Å². The lowest BCUT2D eigenvalue weighted by molar-refractivity contribution is -0.131. The highest BCUT2D eigenvalue weighted by Crippen LogP contribution is 2.30. The Bertz CT molecular complexity index is 560. The van der Waals surface area contributed by atoms with Gasteiger partial charge in [-0.15, -0.1) is 0 Å². The van der Waals surface area contributed by atoms with Gasteiger partial charge in [-0.1, -0.05) is 48.4 Å². The number of hydrogen-bond acceptors (Lipinski definition) is 2. The number of rotatable bonds is 4. The van der Waals surface area contributed by atoms with Crippen LogP contribution in [-0.4, -0.2) is 48.4 Å². The minimum absolute atomic E-state index is 0.169. The van der Waals surface area contributed by atoms with Gasteiger partial charge in [0, 0.05) is 13.6 Å². The lowest BCUT2D eigenvalue weighted by Crippen LogP contribution is -2.37. The number of amides is 1. The van der Waals surface area contributed by atoms with E-state index >= 15 is 0 Å². The Morgan fingerprint density at radius 1 is 1.17 bits per heavy atom. The molecule has 0 aromatic heterocycles. The number of likely N-dealkylation sites (N-methyl/N-ethyl adjacent to an activating group) is 1. The van der Waals surface area contributed by atoms with E-state index < -0.39 is 0 Å². The third-order valence-electron chi connectivity index (χ3n) is 5.32. The largest absolute Gasteiger partial charge is 0.339 e. The molecule has 3 rings (SSSR count). The van der Waals surface area contributed by atoms with Crippen molar-refractivity contribution in [3.05, 3.63) is 41.5 Å². The van der Waals surface area contributed by atoms with Crippen LogP contribution in [0.3, 0.4) is 0 Å². The predicted molar refractivity (Wildman–Crippen MR) is 95.0 cm³/mol. The molecule has 0 spiro atoms. The van der Waals surface area contributed by atoms with Crippen molar-refractivity contribution in [2.24, 2.45) is 5.92 Å². The zero-order chi connectivity index (χ0) is 16.2. The second kappa shape index (κ2) is 7.31. The van der Waals surface area contributed by atoms with Crippen molar-refractivity contribution in [3.8, 4) is 0 Å². The average Bonchev–Trinajstić information content (AvgIpc) is 2.85. The lowest BCUT2D eigenvalue weighted by atomic mass is 9.98. The summed E-state index contributed by atoms with van der Waals surface area (Å²) in [5.41, 5.74) is 2.50. The maximum atomic E-state index is 12.6. The quantitative estimate of drug-likeness (QED) is 0.850. The molecule has 1 aromatic carbocycles. The summed E-state index contributed by atoms with van der Waals surface area (Å²) < 4.78 is 0. The highest BCUT2D eigenvalue weighted by molar-refractivity contribution is 5.82. The molecule has 124 valence electrons. The molecule has 0 aliphatic carbocycles. The Labute approximate surface area is 140 Å². The molecule has 0 N–H and O–H groups in total. The maximum absolute atomic E-state index is 12.6. The number of carbonyl (C=O) groups is 1. The van der Waals surface area contributed by atoms with Gasteiger partial charge in [-0.25, -0.2) is 0 Å². The Kier molecular flexibility index (Phi) is 5.16. The van der Waals surface area contributed by atoms with Crippen LogP contribution in [0, 0.1) is 5.92 Å². The summed E-state index contributed by atoms with van der Waals surface area (Å²) >= 11 is 0. The number of nitrogens with zero attached hydrogens (tertiary/aromatic N) is 2. The van der Waals surface area contributed by atoms with E-state index in [-0.39, 0.29) is 12.0 Å². The van der Waals surface area contributed by atoms with E-state index in [9.17, 15) is 4.79 Å². The first-order valence-corrected chi connectivity index (χ1v) is 8.87. The molecule has 3 heteroatoms. The Morgan fingerprint density at radius 2 is 1.87 bits per heavy atom. The molecular weight excluding hydrogens is 284 g/mol. The molecule has 0 radical (unpaired) electrons. The van der Waals surface area contributed by atoms with Gasteiger partial charge in [-0.3, -0.25) is 4.79 Å². The van der Waals surface area contributed by atoms with Crippen LogP contribution >= 0.6 is 0 Å². The van der Waals surface area contributed by atoms with Crippen molar-refractivity contribution >= 4 is 12.0 Å². The molecular formula is C20H28N2O. The molecule has 0 saturated carbocycles. The van der Waals surface area contributed by atoms with Gasteiger partial charge in [0.15, 0.2) is 0 Å². The van der Waals surface area contributed by atoms with Gasteiger partial charge >= 0.3 is 0 Å². The Balaban J connectivity index is 1.66. The molecule has 2 fully saturated rings. The van der Waals surface area contributed by atoms with Crippen molar-refractivity contribution in [1.82, 2.24) is 9.80 Å². The van der Waals surface area contributed by atoms with Gasteiger partial charge in [-0.2, -0.15) is 0 Å². The fourth-order valence-corrected chi connectivity index (χ4v) is 3.98. The van der Waals surface area contributed by atoms with E-state index in [1.54, 1.807) is 0 Å². The van der Waals surface area contributed by atoms with Crippen LogP contribution in [0.15, 0.2) is 35.9 Å². The summed E-state index contributed by atoms with van der Waals surface area (Å²) in [7, 11) is 1.96. The zero-order valence-electron chi connectivity index (χ0n) is 14.4. The minimum atomic E-state index is 0.169. The van der Waals surface area contributed by atoms with Crippen molar-refractivity contribution in [2.75, 3.05) is 26.7 Å². The summed E-state index contributed by atoms with van der Waals surface area (Å²) in [6, 6.07) is 10.6. The van der Waals surface area contributed by atoms with Gasteiger partial charge in [0.25, 0.3) is 0 Å². The van der Waals surface area contributed by atoms with Gasteiger partial charge < -0.3 is 9.80 Å². The van der Waals surface area contributed by atoms with Gasteiger partial charge in [0.05, 0.1) is 12.0 Å². The minimum Gasteiger partial charge on any atom is -0.339 e. The molecule has 2 heterocycles. The van der Waals surface area contributed by atoms with E-state index in [4.69, 9.17) is 0 Å². The Hall–Kier alpha value is -1.61. The third-order valence-corrected chi connectivity index (χ3v) is 5.32. The second-order valence-corrected chi connectivity index (χ2v) is 7.06. The molecule has 0 unspecified atom stereocenters. The van der Waals surface area contributed by atoms with Gasteiger partial charge in [0.2, 0.25) is 5.91 Å². The number of piperidine rings is 1. The highest BCUT2D eigenvalue weighted by Gasteiger charge is 2.38. The lowest BCUT2D eigenvalue weighted by Gasteiger charge is -2.28. The predicted octanol–water partition coefficient (Wildman–Crippen LogP) is 3.42.